The zero-order chi connectivity index (χ0) is 30.6. The SMILES string of the molecule is Cc1ccc(CC(=O)[C@H](CC/C=C/C(=O)N(C)C)OC(=O)N(C)C)c(=O)n1Cc1nc2c(F)cnc(CC3CC3)c2[nH]1. The third-order valence-electron chi connectivity index (χ3n) is 7.19. The molecule has 0 radical (unpaired) electrons. The van der Waals surface area contributed by atoms with Crippen molar-refractivity contribution in [3.8, 4) is 0 Å². The lowest BCUT2D eigenvalue weighted by atomic mass is 10.0. The minimum absolute atomic E-state index is 0.0490. The number of Topliss-reactive ketones (excluding diaryl/α,β-unsaturated/α-hetero) is 1. The third-order valence-corrected chi connectivity index (χ3v) is 7.19. The maximum Gasteiger partial charge on any atom is 0.409 e. The molecular weight excluding hydrogens is 543 g/mol. The van der Waals surface area contributed by atoms with Crippen LogP contribution in [0.2, 0.25) is 0 Å². The van der Waals surface area contributed by atoms with Crippen molar-refractivity contribution in [1.29, 1.82) is 0 Å². The quantitative estimate of drug-likeness (QED) is 0.326. The Morgan fingerprint density at radius 1 is 1.19 bits per heavy atom. The van der Waals surface area contributed by atoms with Gasteiger partial charge in [-0.3, -0.25) is 19.4 Å². The van der Waals surface area contributed by atoms with Gasteiger partial charge in [0.1, 0.15) is 11.3 Å². The van der Waals surface area contributed by atoms with Crippen molar-refractivity contribution in [2.45, 2.75) is 58.1 Å². The number of allylic oxidation sites excluding steroid dienone is 1. The van der Waals surface area contributed by atoms with Crippen LogP contribution in [0, 0.1) is 18.7 Å². The standard InChI is InChI=1S/C30H37FN6O5/c1-18-10-13-20(15-23(38)24(42-30(41)36(4)5)8-6-7-9-26(39)35(2)3)29(40)37(18)17-25-33-27-21(31)16-32-22(28(27)34-25)14-19-11-12-19/h7,9-10,13,16,19,24H,6,8,11-12,14-15,17H2,1-5H3,(H,33,34)/b9-7+/t24-/m0/s1. The number of H-pyrrole nitrogens is 1. The molecule has 0 spiro atoms. The number of ether oxygens (including phenoxy) is 1. The lowest BCUT2D eigenvalue weighted by Crippen LogP contribution is -2.35. The number of halogens is 1. The number of fused-ring (bicyclic) bond motifs is 1. The molecule has 2 amide bonds. The van der Waals surface area contributed by atoms with Crippen LogP contribution in [0.25, 0.3) is 11.0 Å². The lowest BCUT2D eigenvalue weighted by Gasteiger charge is -2.19. The van der Waals surface area contributed by atoms with E-state index < -0.39 is 29.4 Å². The van der Waals surface area contributed by atoms with Gasteiger partial charge in [-0.1, -0.05) is 12.1 Å². The van der Waals surface area contributed by atoms with E-state index in [1.165, 1.54) is 40.7 Å². The minimum Gasteiger partial charge on any atom is -0.438 e. The van der Waals surface area contributed by atoms with Crippen LogP contribution in [0.4, 0.5) is 9.18 Å². The molecular formula is C30H37FN6O5. The third kappa shape index (κ3) is 7.48. The number of aromatic nitrogens is 4. The topological polar surface area (TPSA) is 130 Å². The van der Waals surface area contributed by atoms with Crippen LogP contribution >= 0.6 is 0 Å². The summed E-state index contributed by atoms with van der Waals surface area (Å²) in [4.78, 5) is 65.3. The van der Waals surface area contributed by atoms with Crippen molar-refractivity contribution in [3.05, 3.63) is 69.4 Å². The van der Waals surface area contributed by atoms with Gasteiger partial charge in [0.25, 0.3) is 5.56 Å². The molecule has 3 aromatic rings. The first kappa shape index (κ1) is 30.6. The summed E-state index contributed by atoms with van der Waals surface area (Å²) in [6.07, 6.45) is 5.62. The second-order valence-electron chi connectivity index (χ2n) is 11.1. The van der Waals surface area contributed by atoms with Gasteiger partial charge < -0.3 is 24.1 Å². The number of pyridine rings is 2. The fourth-order valence-corrected chi connectivity index (χ4v) is 4.48. The molecule has 1 aliphatic rings. The molecule has 0 aromatic carbocycles. The molecule has 12 heteroatoms. The predicted molar refractivity (Wildman–Crippen MR) is 155 cm³/mol. The molecule has 0 aliphatic heterocycles. The smallest absolute Gasteiger partial charge is 0.409 e. The molecule has 0 saturated heterocycles. The first-order chi connectivity index (χ1) is 19.9. The monoisotopic (exact) mass is 580 g/mol. The van der Waals surface area contributed by atoms with Crippen molar-refractivity contribution in [3.63, 3.8) is 0 Å². The number of rotatable bonds is 12. The number of imidazole rings is 1. The van der Waals surface area contributed by atoms with E-state index in [0.717, 1.165) is 25.0 Å². The highest BCUT2D eigenvalue weighted by Gasteiger charge is 2.26. The average molecular weight is 581 g/mol. The fourth-order valence-electron chi connectivity index (χ4n) is 4.48. The van der Waals surface area contributed by atoms with E-state index in [1.807, 2.05) is 0 Å². The summed E-state index contributed by atoms with van der Waals surface area (Å²) in [6.45, 7) is 1.81. The normalized spacial score (nSPS) is 13.9. The number of carbonyl (C=O) groups excluding carboxylic acids is 3. The zero-order valence-electron chi connectivity index (χ0n) is 24.6. The molecule has 42 heavy (non-hydrogen) atoms. The lowest BCUT2D eigenvalue weighted by molar-refractivity contribution is -0.127. The van der Waals surface area contributed by atoms with Crippen LogP contribution in [0.1, 0.15) is 48.5 Å². The molecule has 1 atom stereocenters. The highest BCUT2D eigenvalue weighted by atomic mass is 19.1. The first-order valence-corrected chi connectivity index (χ1v) is 13.9. The van der Waals surface area contributed by atoms with Gasteiger partial charge in [0, 0.05) is 45.9 Å². The van der Waals surface area contributed by atoms with Crippen LogP contribution in [-0.4, -0.2) is 81.4 Å². The number of nitrogens with one attached hydrogen (secondary N) is 1. The van der Waals surface area contributed by atoms with Crippen LogP contribution in [0.15, 0.2) is 35.3 Å². The van der Waals surface area contributed by atoms with E-state index in [0.29, 0.717) is 29.4 Å². The Bertz CT molecular complexity index is 1570. The van der Waals surface area contributed by atoms with Crippen LogP contribution in [0.3, 0.4) is 0 Å². The molecule has 1 fully saturated rings. The Kier molecular flexibility index (Phi) is 9.54. The summed E-state index contributed by atoms with van der Waals surface area (Å²) in [5, 5.41) is 0. The number of hydrogen-bond donors (Lipinski definition) is 1. The second-order valence-corrected chi connectivity index (χ2v) is 11.1. The van der Waals surface area contributed by atoms with E-state index in [-0.39, 0.29) is 36.4 Å². The van der Waals surface area contributed by atoms with Crippen LogP contribution in [-0.2, 0) is 33.7 Å². The number of nitrogens with zero attached hydrogens (tertiary/aromatic N) is 5. The molecule has 1 saturated carbocycles. The number of amides is 2. The number of aromatic amines is 1. The average Bonchev–Trinajstić information content (AvgIpc) is 3.66. The first-order valence-electron chi connectivity index (χ1n) is 13.9. The Morgan fingerprint density at radius 3 is 2.60 bits per heavy atom. The Morgan fingerprint density at radius 2 is 1.93 bits per heavy atom. The van der Waals surface area contributed by atoms with E-state index in [9.17, 15) is 23.6 Å². The maximum atomic E-state index is 14.5. The Hall–Kier alpha value is -4.35. The summed E-state index contributed by atoms with van der Waals surface area (Å²) in [5.74, 6) is -0.221. The molecule has 224 valence electrons. The number of hydrogen-bond acceptors (Lipinski definition) is 7. The van der Waals surface area contributed by atoms with Crippen molar-refractivity contribution in [2.24, 2.45) is 5.92 Å². The summed E-state index contributed by atoms with van der Waals surface area (Å²) >= 11 is 0. The van der Waals surface area contributed by atoms with E-state index in [2.05, 4.69) is 15.0 Å². The van der Waals surface area contributed by atoms with E-state index >= 15 is 0 Å². The number of ketones is 1. The van der Waals surface area contributed by atoms with Gasteiger partial charge in [-0.05, 0) is 57.1 Å². The molecule has 1 N–H and O–H groups in total. The van der Waals surface area contributed by atoms with Gasteiger partial charge in [-0.2, -0.15) is 0 Å². The Balaban J connectivity index is 1.53. The molecule has 0 bridgehead atoms. The highest BCUT2D eigenvalue weighted by molar-refractivity contribution is 5.88. The van der Waals surface area contributed by atoms with Crippen molar-refractivity contribution >= 4 is 28.8 Å². The largest absolute Gasteiger partial charge is 0.438 e. The van der Waals surface area contributed by atoms with Crippen molar-refractivity contribution < 1.29 is 23.5 Å². The number of likely N-dealkylation sites (N-methyl/N-ethyl adjacent to an activating group) is 1. The van der Waals surface area contributed by atoms with Crippen molar-refractivity contribution in [2.75, 3.05) is 28.2 Å². The molecule has 0 unspecified atom stereocenters. The molecule has 3 aromatic heterocycles. The van der Waals surface area contributed by atoms with Gasteiger partial charge in [0.15, 0.2) is 17.7 Å². The maximum absolute atomic E-state index is 14.5. The summed E-state index contributed by atoms with van der Waals surface area (Å²) in [7, 11) is 6.27. The molecule has 3 heterocycles. The minimum atomic E-state index is -1.11. The summed E-state index contributed by atoms with van der Waals surface area (Å²) in [6, 6.07) is 3.31. The second kappa shape index (κ2) is 13.1. The van der Waals surface area contributed by atoms with Crippen molar-refractivity contribution in [1.82, 2.24) is 29.3 Å². The predicted octanol–water partition coefficient (Wildman–Crippen LogP) is 3.17. The fraction of sp³-hybridized carbons (Fsp3) is 0.467. The number of aryl methyl sites for hydroxylation is 1. The van der Waals surface area contributed by atoms with Gasteiger partial charge in [0.05, 0.1) is 24.0 Å². The molecule has 4 rings (SSSR count). The van der Waals surface area contributed by atoms with Gasteiger partial charge >= 0.3 is 6.09 Å². The Labute approximate surface area is 243 Å². The van der Waals surface area contributed by atoms with Gasteiger partial charge in [-0.25, -0.2) is 14.2 Å². The van der Waals surface area contributed by atoms with Crippen LogP contribution < -0.4 is 5.56 Å². The van der Waals surface area contributed by atoms with E-state index in [4.69, 9.17) is 4.74 Å². The van der Waals surface area contributed by atoms with Gasteiger partial charge in [0.2, 0.25) is 5.91 Å². The van der Waals surface area contributed by atoms with Crippen LogP contribution in [0.5, 0.6) is 0 Å². The zero-order valence-corrected chi connectivity index (χ0v) is 24.6. The summed E-state index contributed by atoms with van der Waals surface area (Å²) < 4.78 is 21.4. The highest BCUT2D eigenvalue weighted by Crippen LogP contribution is 2.33. The number of carbonyl (C=O) groups is 3. The summed E-state index contributed by atoms with van der Waals surface area (Å²) in [5.41, 5.74) is 1.97. The molecule has 11 nitrogen and oxygen atoms in total. The van der Waals surface area contributed by atoms with E-state index in [1.54, 1.807) is 39.2 Å². The van der Waals surface area contributed by atoms with Gasteiger partial charge in [-0.15, -0.1) is 0 Å². The molecule has 1 aliphatic carbocycles.